The first-order valence-electron chi connectivity index (χ1n) is 10.4. The van der Waals surface area contributed by atoms with Crippen molar-refractivity contribution in [1.82, 2.24) is 19.7 Å². The van der Waals surface area contributed by atoms with Gasteiger partial charge in [0.25, 0.3) is 12.0 Å². The number of hydrogen-bond donors (Lipinski definition) is 2. The minimum atomic E-state index is -4.81. The van der Waals surface area contributed by atoms with Crippen molar-refractivity contribution in [3.8, 4) is 5.75 Å². The molecule has 1 aliphatic carbocycles. The number of benzene rings is 1. The Kier molecular flexibility index (Phi) is 7.97. The van der Waals surface area contributed by atoms with E-state index in [-0.39, 0.29) is 41.2 Å². The molecule has 34 heavy (non-hydrogen) atoms. The topological polar surface area (TPSA) is 116 Å². The lowest BCUT2D eigenvalue weighted by Crippen LogP contribution is -2.30. The Balaban J connectivity index is 0.000000588. The van der Waals surface area contributed by atoms with Crippen molar-refractivity contribution in [2.45, 2.75) is 57.0 Å². The van der Waals surface area contributed by atoms with Gasteiger partial charge in [-0.05, 0) is 31.7 Å². The SMILES string of the molecule is NC1CCCC(n2ncc3c(=O)[nH]c(Cc4ccccc4OC(F)(F)F)nc32)C1.O=CC(F)F. The number of aromatic amines is 1. The van der Waals surface area contributed by atoms with Crippen LogP contribution in [0.2, 0.25) is 0 Å². The van der Waals surface area contributed by atoms with Crippen LogP contribution in [0.25, 0.3) is 11.0 Å². The Bertz CT molecular complexity index is 1180. The molecule has 1 saturated carbocycles. The van der Waals surface area contributed by atoms with Gasteiger partial charge in [-0.3, -0.25) is 9.59 Å². The van der Waals surface area contributed by atoms with E-state index in [4.69, 9.17) is 10.5 Å². The molecule has 0 aliphatic heterocycles. The standard InChI is InChI=1S/C19H20F3N5O2.C2H2F2O/c20-19(21,22)29-15-7-2-1-4-11(15)8-16-25-17-14(18(28)26-16)10-24-27(17)13-6-3-5-12(23)9-13;3-2(4)1-5/h1-2,4,7,10,12-13H,3,5-6,8-9,23H2,(H,25,26,28);1-2H. The first kappa shape index (κ1) is 25.3. The van der Waals surface area contributed by atoms with Crippen molar-refractivity contribution in [3.63, 3.8) is 0 Å². The zero-order chi connectivity index (χ0) is 24.9. The maximum Gasteiger partial charge on any atom is 0.573 e. The molecule has 1 fully saturated rings. The lowest BCUT2D eigenvalue weighted by atomic mass is 9.92. The molecule has 0 spiro atoms. The highest BCUT2D eigenvalue weighted by Crippen LogP contribution is 2.30. The molecule has 0 saturated heterocycles. The maximum atomic E-state index is 12.7. The highest BCUT2D eigenvalue weighted by molar-refractivity contribution is 5.73. The molecule has 4 rings (SSSR count). The summed E-state index contributed by atoms with van der Waals surface area (Å²) in [5.74, 6) is -0.0860. The van der Waals surface area contributed by atoms with Crippen molar-refractivity contribution in [2.75, 3.05) is 0 Å². The monoisotopic (exact) mass is 487 g/mol. The average molecular weight is 487 g/mol. The second kappa shape index (κ2) is 10.7. The third-order valence-electron chi connectivity index (χ3n) is 5.20. The zero-order valence-corrected chi connectivity index (χ0v) is 17.8. The van der Waals surface area contributed by atoms with Gasteiger partial charge in [0.1, 0.15) is 17.0 Å². The summed E-state index contributed by atoms with van der Waals surface area (Å²) < 4.78 is 64.6. The second-order valence-electron chi connectivity index (χ2n) is 7.72. The number of carbonyl (C=O) groups is 1. The second-order valence-corrected chi connectivity index (χ2v) is 7.72. The lowest BCUT2D eigenvalue weighted by molar-refractivity contribution is -0.274. The van der Waals surface area contributed by atoms with Gasteiger partial charge in [-0.15, -0.1) is 13.2 Å². The summed E-state index contributed by atoms with van der Waals surface area (Å²) in [6.07, 6.45) is -3.04. The molecule has 184 valence electrons. The van der Waals surface area contributed by atoms with Gasteiger partial charge in [0.05, 0.1) is 12.2 Å². The minimum Gasteiger partial charge on any atom is -0.405 e. The van der Waals surface area contributed by atoms with Crippen LogP contribution in [0.3, 0.4) is 0 Å². The first-order valence-corrected chi connectivity index (χ1v) is 10.4. The molecule has 3 aromatic rings. The lowest BCUT2D eigenvalue weighted by Gasteiger charge is -2.27. The number of carbonyl (C=O) groups excluding carboxylic acids is 1. The van der Waals surface area contributed by atoms with Crippen molar-refractivity contribution < 1.29 is 31.5 Å². The summed E-state index contributed by atoms with van der Waals surface area (Å²) in [4.78, 5) is 28.4. The van der Waals surface area contributed by atoms with Crippen molar-refractivity contribution in [1.29, 1.82) is 0 Å². The number of H-pyrrole nitrogens is 1. The van der Waals surface area contributed by atoms with Gasteiger partial charge in [0.15, 0.2) is 11.9 Å². The van der Waals surface area contributed by atoms with Gasteiger partial charge in [0, 0.05) is 18.0 Å². The van der Waals surface area contributed by atoms with Crippen LogP contribution in [0.15, 0.2) is 35.3 Å². The van der Waals surface area contributed by atoms with E-state index in [0.717, 1.165) is 25.7 Å². The molecular formula is C21H22F5N5O3. The molecule has 2 unspecified atom stereocenters. The quantitative estimate of drug-likeness (QED) is 0.421. The summed E-state index contributed by atoms with van der Waals surface area (Å²) in [5.41, 5.74) is 6.36. The van der Waals surface area contributed by atoms with E-state index in [1.165, 1.54) is 24.4 Å². The zero-order valence-electron chi connectivity index (χ0n) is 17.8. The first-order chi connectivity index (χ1) is 16.1. The molecule has 1 aliphatic rings. The smallest absolute Gasteiger partial charge is 0.405 e. The van der Waals surface area contributed by atoms with Crippen LogP contribution in [-0.4, -0.2) is 44.9 Å². The molecule has 2 atom stereocenters. The van der Waals surface area contributed by atoms with Gasteiger partial charge >= 0.3 is 6.36 Å². The van der Waals surface area contributed by atoms with Crippen LogP contribution in [0.4, 0.5) is 22.0 Å². The molecule has 0 amide bonds. The van der Waals surface area contributed by atoms with Crippen molar-refractivity contribution in [2.24, 2.45) is 5.73 Å². The normalized spacial score (nSPS) is 18.4. The predicted octanol–water partition coefficient (Wildman–Crippen LogP) is 3.50. The number of halogens is 5. The van der Waals surface area contributed by atoms with E-state index in [9.17, 15) is 26.7 Å². The predicted molar refractivity (Wildman–Crippen MR) is 112 cm³/mol. The van der Waals surface area contributed by atoms with E-state index >= 15 is 0 Å². The number of nitrogens with two attached hydrogens (primary N) is 1. The highest BCUT2D eigenvalue weighted by Gasteiger charge is 2.32. The fourth-order valence-corrected chi connectivity index (χ4v) is 3.81. The fourth-order valence-electron chi connectivity index (χ4n) is 3.81. The third-order valence-corrected chi connectivity index (χ3v) is 5.20. The number of rotatable bonds is 5. The van der Waals surface area contributed by atoms with E-state index in [1.807, 2.05) is 0 Å². The molecule has 3 N–H and O–H groups in total. The Hall–Kier alpha value is -3.35. The molecule has 0 radical (unpaired) electrons. The van der Waals surface area contributed by atoms with Gasteiger partial charge < -0.3 is 15.5 Å². The molecule has 0 bridgehead atoms. The molecule has 2 heterocycles. The number of aldehydes is 1. The molecule has 13 heteroatoms. The van der Waals surface area contributed by atoms with Crippen LogP contribution in [0, 0.1) is 0 Å². The van der Waals surface area contributed by atoms with Crippen LogP contribution < -0.4 is 16.0 Å². The van der Waals surface area contributed by atoms with Crippen LogP contribution in [-0.2, 0) is 11.2 Å². The number of hydrogen-bond acceptors (Lipinski definition) is 6. The Morgan fingerprint density at radius 1 is 1.26 bits per heavy atom. The summed E-state index contributed by atoms with van der Waals surface area (Å²) in [7, 11) is 0. The molecule has 1 aromatic carbocycles. The van der Waals surface area contributed by atoms with Crippen LogP contribution in [0.5, 0.6) is 5.75 Å². The summed E-state index contributed by atoms with van der Waals surface area (Å²) in [6.45, 7) is 0. The fraction of sp³-hybridized carbons (Fsp3) is 0.429. The highest BCUT2D eigenvalue weighted by atomic mass is 19.4. The number of aromatic nitrogens is 4. The number of nitrogens with zero attached hydrogens (tertiary/aromatic N) is 3. The van der Waals surface area contributed by atoms with E-state index in [1.54, 1.807) is 10.7 Å². The minimum absolute atomic E-state index is 0.0210. The maximum absolute atomic E-state index is 12.7. The average Bonchev–Trinajstić information content (AvgIpc) is 3.19. The van der Waals surface area contributed by atoms with Gasteiger partial charge in [-0.25, -0.2) is 18.4 Å². The van der Waals surface area contributed by atoms with E-state index in [0.29, 0.717) is 11.0 Å². The summed E-state index contributed by atoms with van der Waals surface area (Å²) >= 11 is 0. The van der Waals surface area contributed by atoms with Crippen LogP contribution >= 0.6 is 0 Å². The van der Waals surface area contributed by atoms with Crippen molar-refractivity contribution in [3.05, 3.63) is 52.2 Å². The van der Waals surface area contributed by atoms with Gasteiger partial charge in [-0.1, -0.05) is 18.2 Å². The number of ether oxygens (including phenoxy) is 1. The van der Waals surface area contributed by atoms with Crippen molar-refractivity contribution >= 4 is 17.3 Å². The van der Waals surface area contributed by atoms with Gasteiger partial charge in [-0.2, -0.15) is 5.10 Å². The number of para-hydroxylation sites is 1. The molecular weight excluding hydrogens is 465 g/mol. The summed E-state index contributed by atoms with van der Waals surface area (Å²) in [6, 6.07) is 5.89. The van der Waals surface area contributed by atoms with Gasteiger partial charge in [0.2, 0.25) is 0 Å². The number of alkyl halides is 5. The Morgan fingerprint density at radius 3 is 2.62 bits per heavy atom. The van der Waals surface area contributed by atoms with E-state index < -0.39 is 19.1 Å². The summed E-state index contributed by atoms with van der Waals surface area (Å²) in [5, 5.41) is 4.67. The molecule has 2 aromatic heterocycles. The van der Waals surface area contributed by atoms with E-state index in [2.05, 4.69) is 19.8 Å². The van der Waals surface area contributed by atoms with Crippen LogP contribution in [0.1, 0.15) is 43.1 Å². The number of nitrogens with one attached hydrogen (secondary N) is 1. The Labute approximate surface area is 189 Å². The largest absolute Gasteiger partial charge is 0.573 e. The number of fused-ring (bicyclic) bond motifs is 1. The Morgan fingerprint density at radius 2 is 1.97 bits per heavy atom. The molecule has 8 nitrogen and oxygen atoms in total. The third kappa shape index (κ3) is 6.59.